The molecule has 0 unspecified atom stereocenters. The van der Waals surface area contributed by atoms with E-state index in [0.29, 0.717) is 0 Å². The fourth-order valence-corrected chi connectivity index (χ4v) is 5.27. The van der Waals surface area contributed by atoms with Crippen molar-refractivity contribution in [2.45, 2.75) is 24.7 Å². The lowest BCUT2D eigenvalue weighted by atomic mass is 9.91. The number of carbonyl (C=O) groups is 1. The van der Waals surface area contributed by atoms with Crippen molar-refractivity contribution in [1.82, 2.24) is 10.2 Å². The number of aromatic nitrogens is 2. The van der Waals surface area contributed by atoms with Crippen molar-refractivity contribution >= 4 is 45.0 Å². The summed E-state index contributed by atoms with van der Waals surface area (Å²) in [6.45, 7) is 2.07. The molecule has 1 fully saturated rings. The van der Waals surface area contributed by atoms with E-state index in [-0.39, 0.29) is 11.8 Å². The van der Waals surface area contributed by atoms with Crippen LogP contribution in [-0.4, -0.2) is 16.1 Å². The minimum absolute atomic E-state index is 0.113. The van der Waals surface area contributed by atoms with Crippen LogP contribution < -0.4 is 10.6 Å². The number of nitrogens with zero attached hydrogens (tertiary/aromatic N) is 1. The molecule has 1 spiro atoms. The summed E-state index contributed by atoms with van der Waals surface area (Å²) in [6, 6.07) is 20.5. The van der Waals surface area contributed by atoms with Gasteiger partial charge in [-0.2, -0.15) is 5.10 Å². The van der Waals surface area contributed by atoms with Crippen LogP contribution in [0.5, 0.6) is 0 Å². The van der Waals surface area contributed by atoms with Gasteiger partial charge in [0, 0.05) is 22.4 Å². The molecule has 32 heavy (non-hydrogen) atoms. The SMILES string of the molecule is Cc1ccc2c(c1)[C@]1(C[C@H]1c1ccc3c(Nc4cccc5ccoc45)n[nH]c3c1)C(=O)N2. The number of benzene rings is 3. The summed E-state index contributed by atoms with van der Waals surface area (Å²) in [4.78, 5) is 12.9. The Morgan fingerprint density at radius 2 is 2.06 bits per heavy atom. The largest absolute Gasteiger partial charge is 0.462 e. The highest BCUT2D eigenvalue weighted by molar-refractivity contribution is 6.10. The number of furan rings is 1. The summed E-state index contributed by atoms with van der Waals surface area (Å²) in [6.07, 6.45) is 2.52. The Morgan fingerprint density at radius 1 is 1.12 bits per heavy atom. The molecule has 1 amide bonds. The number of nitrogens with one attached hydrogen (secondary N) is 3. The summed E-state index contributed by atoms with van der Waals surface area (Å²) in [7, 11) is 0. The van der Waals surface area contributed by atoms with Crippen molar-refractivity contribution in [3.05, 3.63) is 83.6 Å². The molecule has 2 aromatic heterocycles. The molecule has 2 atom stereocenters. The molecule has 6 nitrogen and oxygen atoms in total. The van der Waals surface area contributed by atoms with Gasteiger partial charge >= 0.3 is 0 Å². The average Bonchev–Trinajstić information content (AvgIpc) is 3.05. The van der Waals surface area contributed by atoms with E-state index < -0.39 is 5.41 Å². The molecule has 5 aromatic rings. The van der Waals surface area contributed by atoms with Crippen LogP contribution in [0.2, 0.25) is 0 Å². The maximum Gasteiger partial charge on any atom is 0.235 e. The van der Waals surface area contributed by atoms with Crippen LogP contribution in [-0.2, 0) is 10.2 Å². The first-order valence-electron chi connectivity index (χ1n) is 10.8. The third-order valence-corrected chi connectivity index (χ3v) is 6.99. The molecule has 3 aromatic carbocycles. The topological polar surface area (TPSA) is 83.0 Å². The highest BCUT2D eigenvalue weighted by Gasteiger charge is 2.65. The van der Waals surface area contributed by atoms with Gasteiger partial charge in [-0.1, -0.05) is 35.9 Å². The second kappa shape index (κ2) is 6.01. The van der Waals surface area contributed by atoms with Gasteiger partial charge in [0.15, 0.2) is 11.4 Å². The minimum atomic E-state index is -0.439. The van der Waals surface area contributed by atoms with Gasteiger partial charge < -0.3 is 15.1 Å². The van der Waals surface area contributed by atoms with Gasteiger partial charge in [-0.25, -0.2) is 0 Å². The van der Waals surface area contributed by atoms with Crippen LogP contribution in [0.1, 0.15) is 29.0 Å². The van der Waals surface area contributed by atoms with Gasteiger partial charge in [0.1, 0.15) is 0 Å². The van der Waals surface area contributed by atoms with Crippen LogP contribution in [0.3, 0.4) is 0 Å². The molecule has 1 aliphatic carbocycles. The van der Waals surface area contributed by atoms with Gasteiger partial charge in [-0.05, 0) is 54.8 Å². The third-order valence-electron chi connectivity index (χ3n) is 6.99. The summed E-state index contributed by atoms with van der Waals surface area (Å²) in [5, 5.41) is 16.2. The number of H-pyrrole nitrogens is 1. The number of carbonyl (C=O) groups excluding carboxylic acids is 1. The van der Waals surface area contributed by atoms with Crippen molar-refractivity contribution in [3.8, 4) is 0 Å². The van der Waals surface area contributed by atoms with Gasteiger partial charge in [-0.3, -0.25) is 9.89 Å². The Bertz CT molecular complexity index is 1560. The lowest BCUT2D eigenvalue weighted by molar-refractivity contribution is -0.118. The highest BCUT2D eigenvalue weighted by atomic mass is 16.3. The Morgan fingerprint density at radius 3 is 3.00 bits per heavy atom. The number of hydrogen-bond acceptors (Lipinski definition) is 4. The second-order valence-corrected chi connectivity index (χ2v) is 8.88. The monoisotopic (exact) mass is 420 g/mol. The van der Waals surface area contributed by atoms with Gasteiger partial charge in [0.2, 0.25) is 5.91 Å². The molecule has 3 N–H and O–H groups in total. The van der Waals surface area contributed by atoms with E-state index in [1.165, 1.54) is 5.56 Å². The molecule has 0 radical (unpaired) electrons. The third kappa shape index (κ3) is 2.29. The molecule has 0 bridgehead atoms. The predicted molar refractivity (Wildman–Crippen MR) is 124 cm³/mol. The van der Waals surface area contributed by atoms with Crippen molar-refractivity contribution < 1.29 is 9.21 Å². The highest BCUT2D eigenvalue weighted by Crippen LogP contribution is 2.65. The van der Waals surface area contributed by atoms with Gasteiger partial charge in [0.25, 0.3) is 0 Å². The van der Waals surface area contributed by atoms with E-state index in [1.54, 1.807) is 6.26 Å². The molecule has 0 saturated heterocycles. The maximum atomic E-state index is 12.9. The summed E-state index contributed by atoms with van der Waals surface area (Å²) >= 11 is 0. The first-order chi connectivity index (χ1) is 15.6. The Balaban J connectivity index is 1.24. The number of aromatic amines is 1. The number of aryl methyl sites for hydroxylation is 1. The molecule has 156 valence electrons. The lowest BCUT2D eigenvalue weighted by Crippen LogP contribution is -2.21. The molecule has 1 aliphatic heterocycles. The van der Waals surface area contributed by atoms with E-state index in [1.807, 2.05) is 36.4 Å². The predicted octanol–water partition coefficient (Wildman–Crippen LogP) is 5.74. The number of fused-ring (bicyclic) bond motifs is 4. The number of hydrogen-bond donors (Lipinski definition) is 3. The normalized spacial score (nSPS) is 21.3. The summed E-state index contributed by atoms with van der Waals surface area (Å²) < 4.78 is 5.63. The van der Waals surface area contributed by atoms with Crippen molar-refractivity contribution in [2.24, 2.45) is 0 Å². The number of anilines is 3. The van der Waals surface area contributed by atoms with E-state index in [0.717, 1.165) is 56.6 Å². The smallest absolute Gasteiger partial charge is 0.235 e. The van der Waals surface area contributed by atoms with Crippen molar-refractivity contribution in [1.29, 1.82) is 0 Å². The molecule has 6 heteroatoms. The second-order valence-electron chi connectivity index (χ2n) is 8.88. The van der Waals surface area contributed by atoms with Gasteiger partial charge in [0.05, 0.1) is 22.9 Å². The first kappa shape index (κ1) is 17.6. The fraction of sp³-hybridized carbons (Fsp3) is 0.154. The van der Waals surface area contributed by atoms with Crippen LogP contribution in [0.4, 0.5) is 17.2 Å². The Labute approximate surface area is 183 Å². The first-order valence-corrected chi connectivity index (χ1v) is 10.8. The maximum absolute atomic E-state index is 12.9. The van der Waals surface area contributed by atoms with Crippen LogP contribution in [0, 0.1) is 6.92 Å². The molecule has 2 aliphatic rings. The van der Waals surface area contributed by atoms with Crippen LogP contribution in [0.15, 0.2) is 71.3 Å². The zero-order chi connectivity index (χ0) is 21.4. The molecule has 7 rings (SSSR count). The average molecular weight is 420 g/mol. The standard InChI is InChI=1S/C26H20N4O2/c1-14-5-8-20-18(11-14)26(25(31)28-20)13-19(26)16-6-7-17-22(12-16)29-30-24(17)27-21-4-2-3-15-9-10-32-23(15)21/h2-12,19H,13H2,1H3,(H,28,31)(H2,27,29,30)/t19-,26-/m0/s1. The van der Waals surface area contributed by atoms with E-state index >= 15 is 0 Å². The lowest BCUT2D eigenvalue weighted by Gasteiger charge is -2.10. The summed E-state index contributed by atoms with van der Waals surface area (Å²) in [5.41, 5.74) is 6.60. The zero-order valence-corrected chi connectivity index (χ0v) is 17.4. The summed E-state index contributed by atoms with van der Waals surface area (Å²) in [5.74, 6) is 1.04. The van der Waals surface area contributed by atoms with Gasteiger partial charge in [-0.15, -0.1) is 0 Å². The Hall–Kier alpha value is -4.06. The number of para-hydroxylation sites is 1. The number of rotatable bonds is 3. The van der Waals surface area contributed by atoms with Crippen molar-refractivity contribution in [3.63, 3.8) is 0 Å². The van der Waals surface area contributed by atoms with E-state index in [2.05, 4.69) is 52.0 Å². The molecular formula is C26H20N4O2. The van der Waals surface area contributed by atoms with Crippen LogP contribution in [0.25, 0.3) is 21.9 Å². The van der Waals surface area contributed by atoms with Crippen LogP contribution >= 0.6 is 0 Å². The molecule has 3 heterocycles. The quantitative estimate of drug-likeness (QED) is 0.348. The fourth-order valence-electron chi connectivity index (χ4n) is 5.27. The van der Waals surface area contributed by atoms with E-state index in [4.69, 9.17) is 4.42 Å². The molecule has 1 saturated carbocycles. The number of amides is 1. The van der Waals surface area contributed by atoms with Crippen molar-refractivity contribution in [2.75, 3.05) is 10.6 Å². The Kier molecular flexibility index (Phi) is 3.30. The van der Waals surface area contributed by atoms with E-state index in [9.17, 15) is 4.79 Å². The minimum Gasteiger partial charge on any atom is -0.462 e. The molecular weight excluding hydrogens is 400 g/mol. The zero-order valence-electron chi connectivity index (χ0n) is 17.4.